The van der Waals surface area contributed by atoms with Crippen LogP contribution in [0, 0.1) is 0 Å². The summed E-state index contributed by atoms with van der Waals surface area (Å²) in [6.07, 6.45) is 0. The van der Waals surface area contributed by atoms with E-state index in [0.29, 0.717) is 0 Å². The largest absolute Gasteiger partial charge is 0.507 e. The summed E-state index contributed by atoms with van der Waals surface area (Å²) < 4.78 is 0. The maximum Gasteiger partial charge on any atom is 0.237 e. The summed E-state index contributed by atoms with van der Waals surface area (Å²) in [5, 5.41) is 32.1. The van der Waals surface area contributed by atoms with Gasteiger partial charge in [-0.25, -0.2) is 0 Å². The molecular formula is C24H30N6O6S2. The van der Waals surface area contributed by atoms with E-state index >= 15 is 0 Å². The van der Waals surface area contributed by atoms with E-state index in [1.165, 1.54) is 0 Å². The van der Waals surface area contributed by atoms with Gasteiger partial charge < -0.3 is 42.9 Å². The summed E-state index contributed by atoms with van der Waals surface area (Å²) >= 11 is 7.97. The number of aromatic hydroxyl groups is 2. The van der Waals surface area contributed by atoms with E-state index in [9.17, 15) is 29.4 Å². The number of carbonyl (C=O) groups excluding carboxylic acids is 4. The van der Waals surface area contributed by atoms with Gasteiger partial charge in [0, 0.05) is 49.1 Å². The molecule has 0 bridgehead atoms. The van der Waals surface area contributed by atoms with E-state index in [-0.39, 0.29) is 83.1 Å². The van der Waals surface area contributed by atoms with Crippen LogP contribution in [-0.2, 0) is 9.59 Å². The van der Waals surface area contributed by atoms with Gasteiger partial charge in [-0.1, -0.05) is 0 Å². The Kier molecular flexibility index (Phi) is 9.85. The fraction of sp³-hybridized carbons (Fsp3) is 0.333. The third-order valence-electron chi connectivity index (χ3n) is 5.82. The number of hydrogen-bond donors (Lipinski definition) is 10. The summed E-state index contributed by atoms with van der Waals surface area (Å²) in [5.74, 6) is -2.62. The quantitative estimate of drug-likeness (QED) is 0.0773. The molecule has 2 amide bonds. The van der Waals surface area contributed by atoms with Crippen molar-refractivity contribution in [2.75, 3.05) is 48.3 Å². The Labute approximate surface area is 229 Å². The number of rotatable bonds is 12. The number of phenolic OH excluding ortho intramolecular Hbond substituents is 2. The van der Waals surface area contributed by atoms with Gasteiger partial charge in [-0.2, -0.15) is 25.3 Å². The minimum atomic E-state index is -0.763. The van der Waals surface area contributed by atoms with E-state index in [1.54, 1.807) is 12.1 Å². The molecule has 0 heterocycles. The van der Waals surface area contributed by atoms with E-state index in [2.05, 4.69) is 46.5 Å². The topological polar surface area (TPSA) is 209 Å². The number of benzene rings is 2. The predicted molar refractivity (Wildman–Crippen MR) is 150 cm³/mol. The Bertz CT molecular complexity index is 1160. The number of phenols is 2. The van der Waals surface area contributed by atoms with Crippen LogP contribution in [-0.4, -0.2) is 83.4 Å². The molecule has 10 N–H and O–H groups in total. The van der Waals surface area contributed by atoms with Crippen LogP contribution < -0.4 is 32.7 Å². The molecule has 0 saturated heterocycles. The van der Waals surface area contributed by atoms with Crippen LogP contribution in [0.3, 0.4) is 0 Å². The van der Waals surface area contributed by atoms with Crippen molar-refractivity contribution >= 4 is 60.0 Å². The molecule has 14 heteroatoms. The van der Waals surface area contributed by atoms with Crippen LogP contribution in [0.25, 0.3) is 0 Å². The molecule has 1 aliphatic carbocycles. The zero-order valence-corrected chi connectivity index (χ0v) is 22.1. The second-order valence-corrected chi connectivity index (χ2v) is 9.17. The lowest BCUT2D eigenvalue weighted by Crippen LogP contribution is -2.43. The number of carbonyl (C=O) groups is 4. The van der Waals surface area contributed by atoms with Gasteiger partial charge in [0.25, 0.3) is 0 Å². The minimum Gasteiger partial charge on any atom is -0.507 e. The number of fused-ring (bicyclic) bond motifs is 2. The highest BCUT2D eigenvalue weighted by molar-refractivity contribution is 7.80. The number of amides is 2. The molecule has 0 aromatic heterocycles. The second kappa shape index (κ2) is 12.9. The Balaban J connectivity index is 1.88. The third-order valence-corrected chi connectivity index (χ3v) is 6.61. The van der Waals surface area contributed by atoms with Crippen molar-refractivity contribution in [1.82, 2.24) is 10.6 Å². The number of thiol groups is 2. The molecule has 2 aromatic carbocycles. The molecule has 204 valence electrons. The van der Waals surface area contributed by atoms with Crippen LogP contribution >= 0.6 is 25.3 Å². The van der Waals surface area contributed by atoms with Crippen molar-refractivity contribution in [2.45, 2.75) is 12.1 Å². The van der Waals surface area contributed by atoms with Crippen LogP contribution in [0.1, 0.15) is 31.8 Å². The first-order valence-electron chi connectivity index (χ1n) is 11.7. The van der Waals surface area contributed by atoms with Gasteiger partial charge in [0.2, 0.25) is 23.4 Å². The summed E-state index contributed by atoms with van der Waals surface area (Å²) in [5.41, 5.74) is 11.2. The summed E-state index contributed by atoms with van der Waals surface area (Å²) in [6.45, 7) is 0.742. The van der Waals surface area contributed by atoms with Crippen LogP contribution in [0.15, 0.2) is 24.3 Å². The number of hydrogen-bond acceptors (Lipinski definition) is 12. The van der Waals surface area contributed by atoms with Crippen molar-refractivity contribution in [3.8, 4) is 11.5 Å². The van der Waals surface area contributed by atoms with Gasteiger partial charge in [-0.15, -0.1) is 0 Å². The number of anilines is 2. The zero-order valence-electron chi connectivity index (χ0n) is 20.3. The van der Waals surface area contributed by atoms with Crippen LogP contribution in [0.5, 0.6) is 11.5 Å². The summed E-state index contributed by atoms with van der Waals surface area (Å²) in [7, 11) is 0. The number of nitrogens with one attached hydrogen (secondary N) is 4. The Hall–Kier alpha value is -3.46. The summed E-state index contributed by atoms with van der Waals surface area (Å²) in [4.78, 5) is 50.8. The van der Waals surface area contributed by atoms with Crippen LogP contribution in [0.4, 0.5) is 11.4 Å². The fourth-order valence-corrected chi connectivity index (χ4v) is 4.18. The molecule has 2 aromatic rings. The molecule has 0 radical (unpaired) electrons. The zero-order chi connectivity index (χ0) is 28.0. The summed E-state index contributed by atoms with van der Waals surface area (Å²) in [6, 6.07) is 3.90. The molecule has 0 unspecified atom stereocenters. The van der Waals surface area contributed by atoms with Crippen molar-refractivity contribution in [1.29, 1.82) is 0 Å². The lowest BCUT2D eigenvalue weighted by molar-refractivity contribution is -0.122. The van der Waals surface area contributed by atoms with Crippen molar-refractivity contribution in [2.24, 2.45) is 11.5 Å². The highest BCUT2D eigenvalue weighted by Crippen LogP contribution is 2.42. The minimum absolute atomic E-state index is 0.00656. The smallest absolute Gasteiger partial charge is 0.237 e. The van der Waals surface area contributed by atoms with E-state index in [0.717, 1.165) is 12.1 Å². The fourth-order valence-electron chi connectivity index (χ4n) is 3.85. The molecule has 12 nitrogen and oxygen atoms in total. The lowest BCUT2D eigenvalue weighted by atomic mass is 9.81. The monoisotopic (exact) mass is 562 g/mol. The normalized spacial score (nSPS) is 13.7. The third kappa shape index (κ3) is 6.15. The molecule has 0 saturated carbocycles. The lowest BCUT2D eigenvalue weighted by Gasteiger charge is -2.25. The first-order chi connectivity index (χ1) is 18.1. The average molecular weight is 563 g/mol. The van der Waals surface area contributed by atoms with Gasteiger partial charge in [-0.3, -0.25) is 19.2 Å². The second-order valence-electron chi connectivity index (χ2n) is 8.44. The first kappa shape index (κ1) is 29.1. The SMILES string of the molecule is N[C@H](CS)C(=O)NCCNc1ccc(NCCNC(=O)[C@@H](N)CS)c2c1C(=O)c1c(O)ccc(O)c1C2=O. The van der Waals surface area contributed by atoms with E-state index < -0.39 is 35.1 Å². The molecule has 0 fully saturated rings. The molecule has 0 spiro atoms. The molecular weight excluding hydrogens is 532 g/mol. The standard InChI is InChI=1S/C24H30N6O6S2/c25-11(9-37)23(35)29-7-5-27-13-1-2-14(28-6-8-30-24(36)12(26)10-38)18-17(13)21(33)19-15(31)3-4-16(32)20(19)22(18)34/h1-4,11-12,27-28,31-32,37-38H,5-10,25-26H2,(H,29,35)(H,30,36)/t11-,12+. The highest BCUT2D eigenvalue weighted by Gasteiger charge is 2.38. The molecule has 2 atom stereocenters. The predicted octanol–water partition coefficient (Wildman–Crippen LogP) is -0.556. The van der Waals surface area contributed by atoms with Gasteiger partial charge in [-0.05, 0) is 24.3 Å². The Morgan fingerprint density at radius 3 is 1.39 bits per heavy atom. The van der Waals surface area contributed by atoms with Crippen molar-refractivity contribution < 1.29 is 29.4 Å². The van der Waals surface area contributed by atoms with E-state index in [1.807, 2.05) is 0 Å². The van der Waals surface area contributed by atoms with Gasteiger partial charge in [0.1, 0.15) is 11.5 Å². The van der Waals surface area contributed by atoms with Gasteiger partial charge >= 0.3 is 0 Å². The van der Waals surface area contributed by atoms with Gasteiger partial charge in [0.15, 0.2) is 0 Å². The molecule has 3 rings (SSSR count). The molecule has 1 aliphatic rings. The van der Waals surface area contributed by atoms with Crippen LogP contribution in [0.2, 0.25) is 0 Å². The Morgan fingerprint density at radius 2 is 1.05 bits per heavy atom. The highest BCUT2D eigenvalue weighted by atomic mass is 32.1. The maximum absolute atomic E-state index is 13.5. The molecule has 0 aliphatic heterocycles. The van der Waals surface area contributed by atoms with E-state index in [4.69, 9.17) is 11.5 Å². The molecule has 38 heavy (non-hydrogen) atoms. The van der Waals surface area contributed by atoms with Gasteiger partial charge in [0.05, 0.1) is 34.3 Å². The number of ketones is 2. The maximum atomic E-state index is 13.5. The average Bonchev–Trinajstić information content (AvgIpc) is 2.91. The number of nitrogens with two attached hydrogens (primary N) is 2. The Morgan fingerprint density at radius 1 is 0.684 bits per heavy atom. The van der Waals surface area contributed by atoms with Crippen molar-refractivity contribution in [3.63, 3.8) is 0 Å². The van der Waals surface area contributed by atoms with Crippen molar-refractivity contribution in [3.05, 3.63) is 46.5 Å². The first-order valence-corrected chi connectivity index (χ1v) is 13.0.